The van der Waals surface area contributed by atoms with Gasteiger partial charge in [0.05, 0.1) is 11.8 Å². The number of ether oxygens (including phenoxy) is 1. The van der Waals surface area contributed by atoms with E-state index >= 15 is 0 Å². The van der Waals surface area contributed by atoms with Crippen LogP contribution in [-0.4, -0.2) is 50.9 Å². The predicted molar refractivity (Wildman–Crippen MR) is 105 cm³/mol. The zero-order valence-electron chi connectivity index (χ0n) is 16.4. The Morgan fingerprint density at radius 1 is 1.17 bits per heavy atom. The van der Waals surface area contributed by atoms with Gasteiger partial charge in [-0.15, -0.1) is 0 Å². The molecule has 0 bridgehead atoms. The highest BCUT2D eigenvalue weighted by Gasteiger charge is 2.28. The molecule has 1 fully saturated rings. The molecule has 0 unspecified atom stereocenters. The molecule has 0 N–H and O–H groups in total. The monoisotopic (exact) mass is 406 g/mol. The van der Waals surface area contributed by atoms with Gasteiger partial charge in [-0.05, 0) is 31.0 Å². The van der Waals surface area contributed by atoms with Gasteiger partial charge in [0.15, 0.2) is 0 Å². The van der Waals surface area contributed by atoms with Gasteiger partial charge in [-0.3, -0.25) is 0 Å². The summed E-state index contributed by atoms with van der Waals surface area (Å²) in [5.41, 5.74) is 1.77. The van der Waals surface area contributed by atoms with Crippen LogP contribution in [0.1, 0.15) is 18.5 Å². The number of aromatic nitrogens is 3. The zero-order valence-corrected chi connectivity index (χ0v) is 16.4. The number of aryl methyl sites for hydroxylation is 1. The van der Waals surface area contributed by atoms with E-state index in [9.17, 15) is 13.2 Å². The quantitative estimate of drug-likeness (QED) is 0.620. The summed E-state index contributed by atoms with van der Waals surface area (Å²) in [6, 6.07) is 7.01. The minimum Gasteiger partial charge on any atom is -0.490 e. The Labute approximate surface area is 167 Å². The number of likely N-dealkylation sites (tertiary alicyclic amines) is 1. The van der Waals surface area contributed by atoms with Crippen LogP contribution in [-0.2, 0) is 20.0 Å². The molecule has 1 saturated heterocycles. The third-order valence-electron chi connectivity index (χ3n) is 5.55. The Morgan fingerprint density at radius 3 is 2.66 bits per heavy atom. The van der Waals surface area contributed by atoms with Crippen molar-refractivity contribution in [2.75, 3.05) is 19.6 Å². The Kier molecular flexibility index (Phi) is 5.54. The molecule has 3 aromatic rings. The maximum atomic E-state index is 12.8. The summed E-state index contributed by atoms with van der Waals surface area (Å²) in [6.07, 6.45) is 3.82. The van der Waals surface area contributed by atoms with Crippen LogP contribution >= 0.6 is 0 Å². The Hall–Kier alpha value is -2.48. The molecule has 2 aromatic heterocycles. The van der Waals surface area contributed by atoms with Gasteiger partial charge in [0.25, 0.3) is 0 Å². The van der Waals surface area contributed by atoms with Crippen molar-refractivity contribution in [3.05, 3.63) is 48.7 Å². The normalized spacial score (nSPS) is 16.6. The highest BCUT2D eigenvalue weighted by molar-refractivity contribution is 5.86. The number of alkyl halides is 3. The van der Waals surface area contributed by atoms with E-state index in [2.05, 4.69) is 9.88 Å². The van der Waals surface area contributed by atoms with E-state index < -0.39 is 12.7 Å². The van der Waals surface area contributed by atoms with Crippen LogP contribution in [0.3, 0.4) is 0 Å². The molecule has 1 aliphatic rings. The van der Waals surface area contributed by atoms with Crippen LogP contribution in [0, 0.1) is 0 Å². The molecular formula is C21H25F3N4O. The summed E-state index contributed by atoms with van der Waals surface area (Å²) in [6.45, 7) is 1.90. The number of benzene rings is 1. The summed E-state index contributed by atoms with van der Waals surface area (Å²) in [5, 5.41) is 0.732. The highest BCUT2D eigenvalue weighted by atomic mass is 19.4. The average molecular weight is 406 g/mol. The molecule has 4 rings (SSSR count). The molecule has 0 aliphatic carbocycles. The van der Waals surface area contributed by atoms with E-state index in [1.54, 1.807) is 18.2 Å². The largest absolute Gasteiger partial charge is 0.490 e. The minimum atomic E-state index is -4.24. The fourth-order valence-electron chi connectivity index (χ4n) is 3.96. The second-order valence-corrected chi connectivity index (χ2v) is 7.65. The molecule has 3 heterocycles. The Balaban J connectivity index is 1.34. The van der Waals surface area contributed by atoms with Gasteiger partial charge in [-0.25, -0.2) is 4.98 Å². The SMILES string of the molecule is Cn1cncc1CCN1CCC(Oc2cccc3c2ccn3CC(F)(F)F)CC1. The molecule has 156 valence electrons. The van der Waals surface area contributed by atoms with Crippen molar-refractivity contribution in [2.24, 2.45) is 7.05 Å². The van der Waals surface area contributed by atoms with Crippen LogP contribution in [0.2, 0.25) is 0 Å². The van der Waals surface area contributed by atoms with Gasteiger partial charge >= 0.3 is 6.18 Å². The number of hydrogen-bond donors (Lipinski definition) is 0. The first kappa shape index (κ1) is 19.8. The summed E-state index contributed by atoms with van der Waals surface area (Å²) < 4.78 is 47.8. The van der Waals surface area contributed by atoms with Crippen LogP contribution in [0.4, 0.5) is 13.2 Å². The number of rotatable bonds is 6. The Morgan fingerprint density at radius 2 is 1.97 bits per heavy atom. The van der Waals surface area contributed by atoms with Crippen molar-refractivity contribution >= 4 is 10.9 Å². The second-order valence-electron chi connectivity index (χ2n) is 7.65. The minimum absolute atomic E-state index is 0.0829. The lowest BCUT2D eigenvalue weighted by atomic mass is 10.1. The second kappa shape index (κ2) is 8.10. The predicted octanol–water partition coefficient (Wildman–Crippen LogP) is 4.02. The summed E-state index contributed by atoms with van der Waals surface area (Å²) in [5.74, 6) is 0.664. The van der Waals surface area contributed by atoms with E-state index in [4.69, 9.17) is 4.74 Å². The molecule has 0 spiro atoms. The Bertz CT molecular complexity index is 954. The lowest BCUT2D eigenvalue weighted by Crippen LogP contribution is -2.39. The molecule has 0 saturated carbocycles. The number of hydrogen-bond acceptors (Lipinski definition) is 3. The van der Waals surface area contributed by atoms with Crippen LogP contribution in [0.5, 0.6) is 5.75 Å². The van der Waals surface area contributed by atoms with E-state index in [1.165, 1.54) is 16.5 Å². The standard InChI is InChI=1S/C21H25F3N4O/c1-26-15-25-13-16(26)5-9-27-10-6-17(7-11-27)29-20-4-2-3-19-18(20)8-12-28(19)14-21(22,23)24/h2-4,8,12-13,15,17H,5-7,9-11,14H2,1H3. The first-order valence-electron chi connectivity index (χ1n) is 9.88. The van der Waals surface area contributed by atoms with Crippen molar-refractivity contribution < 1.29 is 17.9 Å². The number of nitrogens with zero attached hydrogens (tertiary/aromatic N) is 4. The number of imidazole rings is 1. The van der Waals surface area contributed by atoms with Gasteiger partial charge in [0.1, 0.15) is 18.4 Å². The molecule has 0 atom stereocenters. The van der Waals surface area contributed by atoms with Crippen LogP contribution in [0.25, 0.3) is 10.9 Å². The zero-order chi connectivity index (χ0) is 20.4. The lowest BCUT2D eigenvalue weighted by molar-refractivity contribution is -0.139. The van der Waals surface area contributed by atoms with E-state index in [0.29, 0.717) is 11.3 Å². The maximum absolute atomic E-state index is 12.8. The summed E-state index contributed by atoms with van der Waals surface area (Å²) in [4.78, 5) is 6.57. The number of piperidine rings is 1. The molecule has 5 nitrogen and oxygen atoms in total. The van der Waals surface area contributed by atoms with E-state index in [0.717, 1.165) is 44.3 Å². The van der Waals surface area contributed by atoms with Crippen molar-refractivity contribution in [2.45, 2.75) is 38.1 Å². The van der Waals surface area contributed by atoms with Crippen LogP contribution in [0.15, 0.2) is 43.0 Å². The average Bonchev–Trinajstić information content (AvgIpc) is 3.27. The van der Waals surface area contributed by atoms with Gasteiger partial charge < -0.3 is 18.8 Å². The fraction of sp³-hybridized carbons (Fsp3) is 0.476. The van der Waals surface area contributed by atoms with Gasteiger partial charge in [-0.1, -0.05) is 6.07 Å². The first-order valence-corrected chi connectivity index (χ1v) is 9.88. The molecule has 1 aromatic carbocycles. The van der Waals surface area contributed by atoms with Crippen molar-refractivity contribution in [3.8, 4) is 5.75 Å². The molecular weight excluding hydrogens is 381 g/mol. The van der Waals surface area contributed by atoms with Gasteiger partial charge in [0, 0.05) is 56.6 Å². The topological polar surface area (TPSA) is 35.2 Å². The maximum Gasteiger partial charge on any atom is 0.406 e. The third-order valence-corrected chi connectivity index (χ3v) is 5.55. The van der Waals surface area contributed by atoms with Gasteiger partial charge in [-0.2, -0.15) is 13.2 Å². The van der Waals surface area contributed by atoms with Crippen molar-refractivity contribution in [1.82, 2.24) is 19.0 Å². The third kappa shape index (κ3) is 4.75. The van der Waals surface area contributed by atoms with Crippen molar-refractivity contribution in [1.29, 1.82) is 0 Å². The fourth-order valence-corrected chi connectivity index (χ4v) is 3.96. The molecule has 0 amide bonds. The smallest absolute Gasteiger partial charge is 0.406 e. The lowest BCUT2D eigenvalue weighted by Gasteiger charge is -2.32. The summed E-state index contributed by atoms with van der Waals surface area (Å²) in [7, 11) is 2.00. The number of halogens is 3. The van der Waals surface area contributed by atoms with E-state index in [1.807, 2.05) is 30.2 Å². The van der Waals surface area contributed by atoms with Crippen LogP contribution < -0.4 is 4.74 Å². The highest BCUT2D eigenvalue weighted by Crippen LogP contribution is 2.31. The molecule has 0 radical (unpaired) electrons. The summed E-state index contributed by atoms with van der Waals surface area (Å²) >= 11 is 0. The molecule has 8 heteroatoms. The first-order chi connectivity index (χ1) is 13.9. The van der Waals surface area contributed by atoms with E-state index in [-0.39, 0.29) is 6.10 Å². The molecule has 1 aliphatic heterocycles. The van der Waals surface area contributed by atoms with Gasteiger partial charge in [0.2, 0.25) is 0 Å². The molecule has 29 heavy (non-hydrogen) atoms. The number of fused-ring (bicyclic) bond motifs is 1. The van der Waals surface area contributed by atoms with Crippen molar-refractivity contribution in [3.63, 3.8) is 0 Å².